The average molecular weight is 448 g/mol. The number of ether oxygens (including phenoxy) is 1. The highest BCUT2D eigenvalue weighted by Crippen LogP contribution is 2.38. The van der Waals surface area contributed by atoms with Crippen molar-refractivity contribution in [3.63, 3.8) is 0 Å². The number of hydrogen-bond donors (Lipinski definition) is 2. The van der Waals surface area contributed by atoms with Crippen LogP contribution in [0, 0.1) is 5.92 Å². The van der Waals surface area contributed by atoms with Gasteiger partial charge in [0.2, 0.25) is 0 Å². The van der Waals surface area contributed by atoms with Crippen molar-refractivity contribution in [2.24, 2.45) is 5.92 Å². The summed E-state index contributed by atoms with van der Waals surface area (Å²) in [5.74, 6) is -0.0911. The number of aromatic carboxylic acids is 1. The SMILES string of the molecule is CCOc1ccc2c(c1)c(-c1ccc(O)cc1)c(C(=O)O)n2CC1C=Cc2nsnc2C1. The van der Waals surface area contributed by atoms with Gasteiger partial charge in [0.25, 0.3) is 0 Å². The summed E-state index contributed by atoms with van der Waals surface area (Å²) >= 11 is 1.20. The van der Waals surface area contributed by atoms with E-state index in [0.29, 0.717) is 30.9 Å². The van der Waals surface area contributed by atoms with Gasteiger partial charge in [0.1, 0.15) is 17.2 Å². The number of fused-ring (bicyclic) bond motifs is 2. The molecule has 0 fully saturated rings. The summed E-state index contributed by atoms with van der Waals surface area (Å²) in [5.41, 5.74) is 4.23. The first kappa shape index (κ1) is 20.3. The lowest BCUT2D eigenvalue weighted by Crippen LogP contribution is -2.18. The van der Waals surface area contributed by atoms with Crippen LogP contribution < -0.4 is 4.74 Å². The number of aromatic hydroxyl groups is 1. The van der Waals surface area contributed by atoms with Gasteiger partial charge in [-0.1, -0.05) is 18.2 Å². The summed E-state index contributed by atoms with van der Waals surface area (Å²) in [4.78, 5) is 12.5. The molecule has 1 aliphatic rings. The zero-order valence-electron chi connectivity index (χ0n) is 17.4. The Bertz CT molecular complexity index is 1340. The first-order valence-electron chi connectivity index (χ1n) is 10.4. The molecule has 8 heteroatoms. The van der Waals surface area contributed by atoms with E-state index in [1.807, 2.05) is 35.8 Å². The van der Waals surface area contributed by atoms with Crippen molar-refractivity contribution in [2.75, 3.05) is 6.61 Å². The third kappa shape index (κ3) is 3.52. The second kappa shape index (κ2) is 8.12. The standard InChI is InChI=1S/C24H21N3O4S/c1-2-31-17-8-10-21-18(12-17)22(15-4-6-16(28)7-5-15)23(24(29)30)27(21)13-14-3-9-19-20(11-14)26-32-25-19/h3-10,12,14,28H,2,11,13H2,1H3,(H,29,30). The van der Waals surface area contributed by atoms with Gasteiger partial charge in [-0.3, -0.25) is 0 Å². The number of allylic oxidation sites excluding steroid dienone is 1. The Morgan fingerprint density at radius 1 is 1.22 bits per heavy atom. The zero-order chi connectivity index (χ0) is 22.2. The maximum atomic E-state index is 12.5. The summed E-state index contributed by atoms with van der Waals surface area (Å²) in [6, 6.07) is 12.3. The van der Waals surface area contributed by atoms with Crippen LogP contribution in [0.1, 0.15) is 28.8 Å². The normalized spacial score (nSPS) is 15.1. The maximum absolute atomic E-state index is 12.5. The monoisotopic (exact) mass is 447 g/mol. The number of phenolic OH excluding ortho intramolecular Hbond substituents is 1. The molecule has 0 amide bonds. The number of carboxylic acids is 1. The summed E-state index contributed by atoms with van der Waals surface area (Å²) < 4.78 is 16.2. The highest BCUT2D eigenvalue weighted by atomic mass is 32.1. The molecule has 1 aliphatic carbocycles. The second-order valence-electron chi connectivity index (χ2n) is 7.72. The quantitative estimate of drug-likeness (QED) is 0.439. The highest BCUT2D eigenvalue weighted by molar-refractivity contribution is 6.99. The summed E-state index contributed by atoms with van der Waals surface area (Å²) in [6.07, 6.45) is 4.76. The summed E-state index contributed by atoms with van der Waals surface area (Å²) in [7, 11) is 0. The van der Waals surface area contributed by atoms with E-state index in [0.717, 1.165) is 27.9 Å². The van der Waals surface area contributed by atoms with Gasteiger partial charge >= 0.3 is 5.97 Å². The molecule has 0 radical (unpaired) electrons. The van der Waals surface area contributed by atoms with Gasteiger partial charge in [0.05, 0.1) is 29.7 Å². The molecule has 0 aliphatic heterocycles. The smallest absolute Gasteiger partial charge is 0.353 e. The van der Waals surface area contributed by atoms with Crippen LogP contribution in [0.25, 0.3) is 28.1 Å². The van der Waals surface area contributed by atoms with Gasteiger partial charge in [-0.15, -0.1) is 0 Å². The molecular weight excluding hydrogens is 426 g/mol. The van der Waals surface area contributed by atoms with E-state index < -0.39 is 5.97 Å². The van der Waals surface area contributed by atoms with E-state index in [2.05, 4.69) is 14.8 Å². The Morgan fingerprint density at radius 3 is 2.78 bits per heavy atom. The molecule has 0 saturated carbocycles. The molecule has 5 rings (SSSR count). The van der Waals surface area contributed by atoms with Crippen molar-refractivity contribution in [3.05, 3.63) is 65.6 Å². The van der Waals surface area contributed by atoms with Crippen molar-refractivity contribution in [1.82, 2.24) is 13.3 Å². The van der Waals surface area contributed by atoms with E-state index >= 15 is 0 Å². The largest absolute Gasteiger partial charge is 0.508 e. The number of nitrogens with zero attached hydrogens (tertiary/aromatic N) is 3. The fourth-order valence-electron chi connectivity index (χ4n) is 4.31. The topological polar surface area (TPSA) is 97.5 Å². The van der Waals surface area contributed by atoms with Gasteiger partial charge in [0.15, 0.2) is 0 Å². The molecular formula is C24H21N3O4S. The molecule has 0 spiro atoms. The third-order valence-electron chi connectivity index (χ3n) is 5.69. The molecule has 32 heavy (non-hydrogen) atoms. The minimum atomic E-state index is -1.00. The fourth-order valence-corrected chi connectivity index (χ4v) is 4.87. The Morgan fingerprint density at radius 2 is 2.03 bits per heavy atom. The number of benzene rings is 2. The van der Waals surface area contributed by atoms with Crippen LogP contribution in [0.5, 0.6) is 11.5 Å². The molecule has 4 aromatic rings. The average Bonchev–Trinajstić information content (AvgIpc) is 3.37. The first-order chi connectivity index (χ1) is 15.5. The number of aromatic nitrogens is 3. The zero-order valence-corrected chi connectivity index (χ0v) is 18.2. The lowest BCUT2D eigenvalue weighted by Gasteiger charge is -2.18. The molecule has 2 heterocycles. The van der Waals surface area contributed by atoms with Crippen molar-refractivity contribution in [3.8, 4) is 22.6 Å². The Hall–Kier alpha value is -3.65. The Balaban J connectivity index is 1.68. The fraction of sp³-hybridized carbons (Fsp3) is 0.208. The molecule has 162 valence electrons. The minimum absolute atomic E-state index is 0.0966. The summed E-state index contributed by atoms with van der Waals surface area (Å²) in [5, 5.41) is 20.8. The van der Waals surface area contributed by atoms with E-state index in [4.69, 9.17) is 4.74 Å². The van der Waals surface area contributed by atoms with Gasteiger partial charge in [-0.2, -0.15) is 8.75 Å². The third-order valence-corrected chi connectivity index (χ3v) is 6.27. The van der Waals surface area contributed by atoms with Gasteiger partial charge < -0.3 is 19.5 Å². The minimum Gasteiger partial charge on any atom is -0.508 e. The number of hydrogen-bond acceptors (Lipinski definition) is 6. The number of rotatable bonds is 6. The van der Waals surface area contributed by atoms with E-state index in [1.165, 1.54) is 11.7 Å². The van der Waals surface area contributed by atoms with Crippen LogP contribution in [0.4, 0.5) is 0 Å². The van der Waals surface area contributed by atoms with Gasteiger partial charge in [0, 0.05) is 35.3 Å². The van der Waals surface area contributed by atoms with Crippen LogP contribution in [0.2, 0.25) is 0 Å². The maximum Gasteiger partial charge on any atom is 0.353 e. The predicted molar refractivity (Wildman–Crippen MR) is 123 cm³/mol. The van der Waals surface area contributed by atoms with Gasteiger partial charge in [-0.05, 0) is 48.9 Å². The lowest BCUT2D eigenvalue weighted by atomic mass is 9.96. The first-order valence-corrected chi connectivity index (χ1v) is 11.1. The molecule has 7 nitrogen and oxygen atoms in total. The van der Waals surface area contributed by atoms with Crippen molar-refractivity contribution in [1.29, 1.82) is 0 Å². The predicted octanol–water partition coefficient (Wildman–Crippen LogP) is 4.85. The van der Waals surface area contributed by atoms with Crippen molar-refractivity contribution in [2.45, 2.75) is 19.9 Å². The molecule has 1 unspecified atom stereocenters. The molecule has 1 atom stereocenters. The Labute approximate surface area is 188 Å². The number of carbonyl (C=O) groups is 1. The van der Waals surface area contributed by atoms with Gasteiger partial charge in [-0.25, -0.2) is 4.79 Å². The molecule has 0 bridgehead atoms. The van der Waals surface area contributed by atoms with Crippen LogP contribution in [-0.2, 0) is 13.0 Å². The molecule has 2 aromatic heterocycles. The van der Waals surface area contributed by atoms with Crippen LogP contribution in [0.3, 0.4) is 0 Å². The van der Waals surface area contributed by atoms with Crippen LogP contribution in [-0.4, -0.2) is 36.1 Å². The highest BCUT2D eigenvalue weighted by Gasteiger charge is 2.27. The number of carboxylic acid groups (broad SMARTS) is 1. The Kier molecular flexibility index (Phi) is 5.14. The lowest BCUT2D eigenvalue weighted by molar-refractivity contribution is 0.0686. The number of phenols is 1. The molecule has 0 saturated heterocycles. The summed E-state index contributed by atoms with van der Waals surface area (Å²) in [6.45, 7) is 2.93. The second-order valence-corrected chi connectivity index (χ2v) is 8.25. The molecule has 2 N–H and O–H groups in total. The van der Waals surface area contributed by atoms with Crippen LogP contribution in [0.15, 0.2) is 48.5 Å². The van der Waals surface area contributed by atoms with E-state index in [9.17, 15) is 15.0 Å². The molecule has 2 aromatic carbocycles. The van der Waals surface area contributed by atoms with Crippen LogP contribution >= 0.6 is 11.7 Å². The van der Waals surface area contributed by atoms with Crippen molar-refractivity contribution < 1.29 is 19.7 Å². The van der Waals surface area contributed by atoms with Crippen molar-refractivity contribution >= 4 is 34.7 Å². The van der Waals surface area contributed by atoms with E-state index in [1.54, 1.807) is 24.3 Å². The van der Waals surface area contributed by atoms with E-state index in [-0.39, 0.29) is 17.4 Å².